The van der Waals surface area contributed by atoms with E-state index in [0.29, 0.717) is 42.8 Å². The molecule has 1 aromatic heterocycles. The number of piperidine rings is 1. The van der Waals surface area contributed by atoms with Crippen molar-refractivity contribution in [2.24, 2.45) is 0 Å². The SMILES string of the molecule is CC(C)(C)c1ccc(C(=O)N2CCC3(CC2)Oc2cc(F)ccc2-n2cccc23)cc1C#N. The minimum atomic E-state index is -0.602. The number of carbonyl (C=O) groups excluding carboxylic acids is 1. The van der Waals surface area contributed by atoms with Gasteiger partial charge in [-0.05, 0) is 47.4 Å². The fourth-order valence-electron chi connectivity index (χ4n) is 5.03. The first kappa shape index (κ1) is 21.3. The molecule has 0 atom stereocenters. The number of hydrogen-bond acceptors (Lipinski definition) is 3. The molecule has 1 saturated heterocycles. The van der Waals surface area contributed by atoms with Gasteiger partial charge in [0.2, 0.25) is 0 Å². The maximum Gasteiger partial charge on any atom is 0.253 e. The van der Waals surface area contributed by atoms with Gasteiger partial charge in [0, 0.05) is 43.8 Å². The highest BCUT2D eigenvalue weighted by molar-refractivity contribution is 5.94. The standard InChI is InChI=1S/C27H26FN3O2/c1-26(2,3)21-8-6-18(15-19(21)17-29)25(32)30-13-10-27(11-14-30)24-5-4-12-31(24)22-9-7-20(28)16-23(22)33-27/h4-9,12,15-16H,10-11,13-14H2,1-3H3. The molecule has 0 radical (unpaired) electrons. The summed E-state index contributed by atoms with van der Waals surface area (Å²) in [6.07, 6.45) is 3.17. The molecule has 0 unspecified atom stereocenters. The third-order valence-corrected chi connectivity index (χ3v) is 6.76. The van der Waals surface area contributed by atoms with E-state index in [4.69, 9.17) is 4.74 Å². The molecule has 0 saturated carbocycles. The number of hydrogen-bond donors (Lipinski definition) is 0. The van der Waals surface area contributed by atoms with Crippen molar-refractivity contribution in [1.29, 1.82) is 5.26 Å². The number of likely N-dealkylation sites (tertiary alicyclic amines) is 1. The molecule has 1 spiro atoms. The number of benzene rings is 2. The van der Waals surface area contributed by atoms with Crippen molar-refractivity contribution < 1.29 is 13.9 Å². The van der Waals surface area contributed by atoms with Crippen molar-refractivity contribution in [2.75, 3.05) is 13.1 Å². The van der Waals surface area contributed by atoms with Crippen LogP contribution in [0.5, 0.6) is 5.75 Å². The van der Waals surface area contributed by atoms with E-state index in [-0.39, 0.29) is 17.1 Å². The summed E-state index contributed by atoms with van der Waals surface area (Å²) in [6.45, 7) is 7.19. The monoisotopic (exact) mass is 443 g/mol. The number of amides is 1. The Morgan fingerprint density at radius 2 is 1.88 bits per heavy atom. The Morgan fingerprint density at radius 3 is 2.58 bits per heavy atom. The van der Waals surface area contributed by atoms with Crippen LogP contribution in [0.4, 0.5) is 4.39 Å². The first-order valence-corrected chi connectivity index (χ1v) is 11.2. The zero-order chi connectivity index (χ0) is 23.4. The Bertz CT molecular complexity index is 1290. The minimum absolute atomic E-state index is 0.0838. The van der Waals surface area contributed by atoms with Gasteiger partial charge in [-0.25, -0.2) is 4.39 Å². The van der Waals surface area contributed by atoms with Crippen molar-refractivity contribution in [2.45, 2.75) is 44.6 Å². The second kappa shape index (κ2) is 7.48. The Hall–Kier alpha value is -3.59. The van der Waals surface area contributed by atoms with E-state index >= 15 is 0 Å². The summed E-state index contributed by atoms with van der Waals surface area (Å²) in [5.74, 6) is 0.105. The zero-order valence-electron chi connectivity index (χ0n) is 19.1. The molecule has 168 valence electrons. The molecule has 3 heterocycles. The predicted molar refractivity (Wildman–Crippen MR) is 123 cm³/mol. The molecule has 6 heteroatoms. The number of nitrogens with zero attached hydrogens (tertiary/aromatic N) is 3. The number of halogens is 1. The third-order valence-electron chi connectivity index (χ3n) is 6.76. The largest absolute Gasteiger partial charge is 0.479 e. The van der Waals surface area contributed by atoms with Crippen LogP contribution in [0, 0.1) is 17.1 Å². The van der Waals surface area contributed by atoms with Crippen LogP contribution in [0.25, 0.3) is 5.69 Å². The fourth-order valence-corrected chi connectivity index (χ4v) is 5.03. The average molecular weight is 444 g/mol. The maximum atomic E-state index is 13.9. The number of aromatic nitrogens is 1. The van der Waals surface area contributed by atoms with E-state index in [1.54, 1.807) is 12.1 Å². The van der Waals surface area contributed by atoms with Gasteiger partial charge in [0.25, 0.3) is 5.91 Å². The number of ether oxygens (including phenoxy) is 1. The quantitative estimate of drug-likeness (QED) is 0.512. The highest BCUT2D eigenvalue weighted by Gasteiger charge is 2.44. The van der Waals surface area contributed by atoms with Crippen LogP contribution < -0.4 is 4.74 Å². The van der Waals surface area contributed by atoms with Gasteiger partial charge < -0.3 is 14.2 Å². The molecule has 5 rings (SSSR count). The second-order valence-electron chi connectivity index (χ2n) is 9.89. The van der Waals surface area contributed by atoms with Gasteiger partial charge in [-0.15, -0.1) is 0 Å². The Morgan fingerprint density at radius 1 is 1.12 bits per heavy atom. The molecular weight excluding hydrogens is 417 g/mol. The minimum Gasteiger partial charge on any atom is -0.479 e. The predicted octanol–water partition coefficient (Wildman–Crippen LogP) is 5.31. The van der Waals surface area contributed by atoms with Gasteiger partial charge in [-0.1, -0.05) is 26.8 Å². The lowest BCUT2D eigenvalue weighted by atomic mass is 9.83. The molecule has 2 aliphatic rings. The van der Waals surface area contributed by atoms with E-state index in [1.807, 2.05) is 35.4 Å². The van der Waals surface area contributed by atoms with E-state index in [9.17, 15) is 14.4 Å². The molecule has 5 nitrogen and oxygen atoms in total. The van der Waals surface area contributed by atoms with Gasteiger partial charge in [0.15, 0.2) is 5.60 Å². The van der Waals surface area contributed by atoms with E-state index < -0.39 is 5.60 Å². The molecule has 0 bridgehead atoms. The lowest BCUT2D eigenvalue weighted by molar-refractivity contribution is -0.00950. The summed E-state index contributed by atoms with van der Waals surface area (Å²) in [5.41, 5.74) is 3.06. The Kier molecular flexibility index (Phi) is 4.82. The lowest BCUT2D eigenvalue weighted by Gasteiger charge is -2.45. The van der Waals surface area contributed by atoms with Gasteiger partial charge in [0.05, 0.1) is 23.0 Å². The van der Waals surface area contributed by atoms with E-state index in [1.165, 1.54) is 12.1 Å². The molecule has 0 aliphatic carbocycles. The molecule has 2 aliphatic heterocycles. The summed E-state index contributed by atoms with van der Waals surface area (Å²) in [6, 6.07) is 16.3. The number of carbonyl (C=O) groups is 1. The van der Waals surface area contributed by atoms with Crippen molar-refractivity contribution >= 4 is 5.91 Å². The Labute approximate surface area is 193 Å². The molecule has 2 aromatic carbocycles. The summed E-state index contributed by atoms with van der Waals surface area (Å²) in [4.78, 5) is 15.1. The molecule has 1 amide bonds. The van der Waals surface area contributed by atoms with Crippen LogP contribution in [0.3, 0.4) is 0 Å². The Balaban J connectivity index is 1.39. The second-order valence-corrected chi connectivity index (χ2v) is 9.89. The lowest BCUT2D eigenvalue weighted by Crippen LogP contribution is -2.50. The average Bonchev–Trinajstić information content (AvgIpc) is 3.29. The number of rotatable bonds is 1. The smallest absolute Gasteiger partial charge is 0.253 e. The van der Waals surface area contributed by atoms with Crippen molar-refractivity contribution in [3.8, 4) is 17.5 Å². The summed E-state index contributed by atoms with van der Waals surface area (Å²) in [5, 5.41) is 9.62. The first-order chi connectivity index (χ1) is 15.7. The highest BCUT2D eigenvalue weighted by atomic mass is 19.1. The summed E-state index contributed by atoms with van der Waals surface area (Å²) in [7, 11) is 0. The topological polar surface area (TPSA) is 58.3 Å². The van der Waals surface area contributed by atoms with Crippen LogP contribution in [-0.2, 0) is 11.0 Å². The van der Waals surface area contributed by atoms with Crippen LogP contribution in [0.1, 0.15) is 60.8 Å². The van der Waals surface area contributed by atoms with Gasteiger partial charge in [-0.3, -0.25) is 4.79 Å². The molecule has 3 aromatic rings. The van der Waals surface area contributed by atoms with Crippen molar-refractivity contribution in [3.05, 3.63) is 82.9 Å². The van der Waals surface area contributed by atoms with Crippen LogP contribution in [-0.4, -0.2) is 28.5 Å². The summed E-state index contributed by atoms with van der Waals surface area (Å²) < 4.78 is 22.4. The van der Waals surface area contributed by atoms with E-state index in [0.717, 1.165) is 16.9 Å². The first-order valence-electron chi connectivity index (χ1n) is 11.2. The fraction of sp³-hybridized carbons (Fsp3) is 0.333. The third kappa shape index (κ3) is 3.48. The van der Waals surface area contributed by atoms with Gasteiger partial charge in [0.1, 0.15) is 11.6 Å². The van der Waals surface area contributed by atoms with E-state index in [2.05, 4.69) is 31.4 Å². The van der Waals surface area contributed by atoms with Crippen LogP contribution in [0.2, 0.25) is 0 Å². The molecule has 33 heavy (non-hydrogen) atoms. The van der Waals surface area contributed by atoms with Crippen LogP contribution in [0.15, 0.2) is 54.7 Å². The normalized spacial score (nSPS) is 16.5. The molecular formula is C27H26FN3O2. The van der Waals surface area contributed by atoms with Crippen molar-refractivity contribution in [3.63, 3.8) is 0 Å². The van der Waals surface area contributed by atoms with Crippen LogP contribution >= 0.6 is 0 Å². The highest BCUT2D eigenvalue weighted by Crippen LogP contribution is 2.45. The zero-order valence-corrected chi connectivity index (χ0v) is 19.1. The van der Waals surface area contributed by atoms with Crippen molar-refractivity contribution in [1.82, 2.24) is 9.47 Å². The molecule has 0 N–H and O–H groups in total. The maximum absolute atomic E-state index is 13.9. The van der Waals surface area contributed by atoms with Gasteiger partial charge in [-0.2, -0.15) is 5.26 Å². The molecule has 1 fully saturated rings. The number of nitriles is 1. The van der Waals surface area contributed by atoms with Gasteiger partial charge >= 0.3 is 0 Å². The number of fused-ring (bicyclic) bond motifs is 4. The summed E-state index contributed by atoms with van der Waals surface area (Å²) >= 11 is 0.